The molecule has 126 valence electrons. The van der Waals surface area contributed by atoms with Crippen molar-refractivity contribution in [3.05, 3.63) is 59.2 Å². The minimum absolute atomic E-state index is 0.416. The molecule has 4 nitrogen and oxygen atoms in total. The Morgan fingerprint density at radius 3 is 2.42 bits per heavy atom. The van der Waals surface area contributed by atoms with Gasteiger partial charge in [0.2, 0.25) is 0 Å². The summed E-state index contributed by atoms with van der Waals surface area (Å²) >= 11 is 0. The van der Waals surface area contributed by atoms with E-state index < -0.39 is 5.97 Å². The molecule has 0 spiro atoms. The van der Waals surface area contributed by atoms with E-state index >= 15 is 0 Å². The second-order valence-electron chi connectivity index (χ2n) is 5.32. The molecule has 4 heteroatoms. The molecule has 2 aromatic carbocycles. The average molecular weight is 326 g/mol. The molecule has 0 saturated carbocycles. The van der Waals surface area contributed by atoms with Crippen molar-refractivity contribution in [3.63, 3.8) is 0 Å². The normalized spacial score (nSPS) is 10.7. The number of para-hydroxylation sites is 1. The second kappa shape index (κ2) is 8.20. The maximum Gasteiger partial charge on any atom is 0.336 e. The van der Waals surface area contributed by atoms with Gasteiger partial charge in [-0.05, 0) is 55.7 Å². The topological polar surface area (TPSA) is 44.8 Å². The number of hydrogen-bond acceptors (Lipinski definition) is 4. The summed E-state index contributed by atoms with van der Waals surface area (Å²) in [7, 11) is 1.58. The van der Waals surface area contributed by atoms with Crippen LogP contribution in [0.1, 0.15) is 23.6 Å². The Kier molecular flexibility index (Phi) is 6.01. The smallest absolute Gasteiger partial charge is 0.336 e. The zero-order valence-corrected chi connectivity index (χ0v) is 14.5. The van der Waals surface area contributed by atoms with Crippen LogP contribution in [-0.4, -0.2) is 19.7 Å². The average Bonchev–Trinajstić information content (AvgIpc) is 2.57. The molecule has 0 aromatic heterocycles. The fraction of sp³-hybridized carbons (Fsp3) is 0.250. The molecule has 24 heavy (non-hydrogen) atoms. The van der Waals surface area contributed by atoms with Crippen LogP contribution in [0.15, 0.2) is 42.5 Å². The van der Waals surface area contributed by atoms with Gasteiger partial charge in [-0.15, -0.1) is 0 Å². The Morgan fingerprint density at radius 1 is 1.08 bits per heavy atom. The molecule has 0 saturated heterocycles. The highest BCUT2D eigenvalue weighted by Crippen LogP contribution is 2.28. The molecular weight excluding hydrogens is 304 g/mol. The highest BCUT2D eigenvalue weighted by molar-refractivity contribution is 5.89. The van der Waals surface area contributed by atoms with Crippen molar-refractivity contribution >= 4 is 12.0 Å². The van der Waals surface area contributed by atoms with Gasteiger partial charge >= 0.3 is 5.97 Å². The van der Waals surface area contributed by atoms with Gasteiger partial charge in [-0.25, -0.2) is 4.79 Å². The molecule has 0 fully saturated rings. The Balaban J connectivity index is 2.11. The van der Waals surface area contributed by atoms with E-state index in [1.807, 2.05) is 57.2 Å². The third-order valence-corrected chi connectivity index (χ3v) is 3.51. The van der Waals surface area contributed by atoms with Gasteiger partial charge in [0.05, 0.1) is 13.7 Å². The lowest BCUT2D eigenvalue weighted by Crippen LogP contribution is -2.06. The van der Waals surface area contributed by atoms with Crippen LogP contribution in [0.5, 0.6) is 17.2 Å². The Morgan fingerprint density at radius 2 is 1.79 bits per heavy atom. The standard InChI is InChI=1S/C20H22O4/c1-5-23-17-11-9-16(13-18(17)22-4)10-12-19(21)24-20-14(2)7-6-8-15(20)3/h6-13H,5H2,1-4H3/b12-10+. The largest absolute Gasteiger partial charge is 0.493 e. The highest BCUT2D eigenvalue weighted by atomic mass is 16.5. The summed E-state index contributed by atoms with van der Waals surface area (Å²) in [4.78, 5) is 12.0. The molecule has 0 amide bonds. The molecular formula is C20H22O4. The maximum absolute atomic E-state index is 12.0. The van der Waals surface area contributed by atoms with Crippen LogP contribution in [0.3, 0.4) is 0 Å². The third kappa shape index (κ3) is 4.38. The molecule has 0 radical (unpaired) electrons. The molecule has 0 aliphatic carbocycles. The SMILES string of the molecule is CCOc1ccc(/C=C/C(=O)Oc2c(C)cccc2C)cc1OC. The summed E-state index contributed by atoms with van der Waals surface area (Å²) in [5, 5.41) is 0. The zero-order chi connectivity index (χ0) is 17.5. The number of methoxy groups -OCH3 is 1. The van der Waals surface area contributed by atoms with E-state index in [1.54, 1.807) is 13.2 Å². The minimum atomic E-state index is -0.416. The maximum atomic E-state index is 12.0. The van der Waals surface area contributed by atoms with E-state index in [9.17, 15) is 4.79 Å². The monoisotopic (exact) mass is 326 g/mol. The summed E-state index contributed by atoms with van der Waals surface area (Å²) in [6, 6.07) is 11.3. The predicted octanol–water partition coefficient (Wildman–Crippen LogP) is 4.33. The number of carbonyl (C=O) groups is 1. The molecule has 0 atom stereocenters. The number of esters is 1. The quantitative estimate of drug-likeness (QED) is 0.450. The van der Waals surface area contributed by atoms with E-state index in [0.29, 0.717) is 23.9 Å². The fourth-order valence-corrected chi connectivity index (χ4v) is 2.32. The van der Waals surface area contributed by atoms with Gasteiger partial charge in [0, 0.05) is 6.08 Å². The van der Waals surface area contributed by atoms with Crippen molar-refractivity contribution in [3.8, 4) is 17.2 Å². The van der Waals surface area contributed by atoms with Gasteiger partial charge in [0.1, 0.15) is 5.75 Å². The summed E-state index contributed by atoms with van der Waals surface area (Å²) < 4.78 is 16.2. The Hall–Kier alpha value is -2.75. The first-order chi connectivity index (χ1) is 11.5. The lowest BCUT2D eigenvalue weighted by atomic mass is 10.1. The highest BCUT2D eigenvalue weighted by Gasteiger charge is 2.08. The molecule has 2 rings (SSSR count). The fourth-order valence-electron chi connectivity index (χ4n) is 2.32. The van der Waals surface area contributed by atoms with Gasteiger partial charge in [-0.1, -0.05) is 24.3 Å². The third-order valence-electron chi connectivity index (χ3n) is 3.51. The van der Waals surface area contributed by atoms with Crippen molar-refractivity contribution in [2.45, 2.75) is 20.8 Å². The number of benzene rings is 2. The summed E-state index contributed by atoms with van der Waals surface area (Å²) in [5.41, 5.74) is 2.69. The van der Waals surface area contributed by atoms with Gasteiger partial charge in [-0.3, -0.25) is 0 Å². The van der Waals surface area contributed by atoms with Gasteiger partial charge in [-0.2, -0.15) is 0 Å². The van der Waals surface area contributed by atoms with Crippen molar-refractivity contribution in [2.75, 3.05) is 13.7 Å². The summed E-state index contributed by atoms with van der Waals surface area (Å²) in [6.45, 7) is 6.30. The van der Waals surface area contributed by atoms with E-state index in [4.69, 9.17) is 14.2 Å². The molecule has 0 unspecified atom stereocenters. The molecule has 0 aliphatic heterocycles. The van der Waals surface area contributed by atoms with E-state index in [2.05, 4.69) is 0 Å². The lowest BCUT2D eigenvalue weighted by Gasteiger charge is -2.10. The van der Waals surface area contributed by atoms with Crippen LogP contribution in [0, 0.1) is 13.8 Å². The predicted molar refractivity (Wildman–Crippen MR) is 94.7 cm³/mol. The van der Waals surface area contributed by atoms with Crippen LogP contribution in [0.25, 0.3) is 6.08 Å². The first-order valence-electron chi connectivity index (χ1n) is 7.82. The van der Waals surface area contributed by atoms with Crippen molar-refractivity contribution in [1.82, 2.24) is 0 Å². The van der Waals surface area contributed by atoms with Crippen LogP contribution < -0.4 is 14.2 Å². The summed E-state index contributed by atoms with van der Waals surface area (Å²) in [6.07, 6.45) is 3.09. The molecule has 2 aromatic rings. The number of hydrogen-bond donors (Lipinski definition) is 0. The van der Waals surface area contributed by atoms with Gasteiger partial charge < -0.3 is 14.2 Å². The van der Waals surface area contributed by atoms with Gasteiger partial charge in [0.15, 0.2) is 11.5 Å². The lowest BCUT2D eigenvalue weighted by molar-refractivity contribution is -0.129. The Bertz CT molecular complexity index is 727. The van der Waals surface area contributed by atoms with Crippen LogP contribution in [0.4, 0.5) is 0 Å². The minimum Gasteiger partial charge on any atom is -0.493 e. The van der Waals surface area contributed by atoms with Crippen LogP contribution in [-0.2, 0) is 4.79 Å². The van der Waals surface area contributed by atoms with Crippen molar-refractivity contribution in [1.29, 1.82) is 0 Å². The second-order valence-corrected chi connectivity index (χ2v) is 5.32. The zero-order valence-electron chi connectivity index (χ0n) is 14.5. The molecule has 0 aliphatic rings. The van der Waals surface area contributed by atoms with Crippen LogP contribution >= 0.6 is 0 Å². The number of aryl methyl sites for hydroxylation is 2. The first kappa shape index (κ1) is 17.6. The van der Waals surface area contributed by atoms with E-state index in [-0.39, 0.29) is 0 Å². The van der Waals surface area contributed by atoms with E-state index in [0.717, 1.165) is 16.7 Å². The molecule has 0 N–H and O–H groups in total. The van der Waals surface area contributed by atoms with Crippen molar-refractivity contribution in [2.24, 2.45) is 0 Å². The molecule has 0 bridgehead atoms. The number of carbonyl (C=O) groups excluding carboxylic acids is 1. The summed E-state index contributed by atoms with van der Waals surface area (Å²) in [5.74, 6) is 1.49. The van der Waals surface area contributed by atoms with Crippen LogP contribution in [0.2, 0.25) is 0 Å². The number of ether oxygens (including phenoxy) is 3. The van der Waals surface area contributed by atoms with Crippen molar-refractivity contribution < 1.29 is 19.0 Å². The number of rotatable bonds is 6. The molecule has 0 heterocycles. The Labute approximate surface area is 142 Å². The first-order valence-corrected chi connectivity index (χ1v) is 7.82. The van der Waals surface area contributed by atoms with E-state index in [1.165, 1.54) is 6.08 Å². The van der Waals surface area contributed by atoms with Gasteiger partial charge in [0.25, 0.3) is 0 Å².